The van der Waals surface area contributed by atoms with Gasteiger partial charge in [0.1, 0.15) is 0 Å². The van der Waals surface area contributed by atoms with Crippen molar-refractivity contribution in [2.45, 2.75) is 63.8 Å². The van der Waals surface area contributed by atoms with Gasteiger partial charge < -0.3 is 15.5 Å². The molecule has 0 bridgehead atoms. The minimum atomic E-state index is 0.268. The lowest BCUT2D eigenvalue weighted by Gasteiger charge is -2.26. The molecule has 5 heteroatoms. The van der Waals surface area contributed by atoms with Crippen molar-refractivity contribution in [3.63, 3.8) is 0 Å². The molecule has 3 rings (SSSR count). The van der Waals surface area contributed by atoms with Crippen molar-refractivity contribution >= 4 is 11.9 Å². The van der Waals surface area contributed by atoms with Crippen LogP contribution in [-0.2, 0) is 4.79 Å². The van der Waals surface area contributed by atoms with Gasteiger partial charge in [-0.3, -0.25) is 9.79 Å². The molecule has 1 aliphatic carbocycles. The van der Waals surface area contributed by atoms with Crippen LogP contribution in [0.2, 0.25) is 0 Å². The third kappa shape index (κ3) is 5.73. The third-order valence-electron chi connectivity index (χ3n) is 6.26. The number of likely N-dealkylation sites (tertiary alicyclic amines) is 1. The van der Waals surface area contributed by atoms with Gasteiger partial charge in [0, 0.05) is 38.6 Å². The summed E-state index contributed by atoms with van der Waals surface area (Å²) in [6, 6.07) is 10.9. The molecule has 2 unspecified atom stereocenters. The zero-order chi connectivity index (χ0) is 19.8. The van der Waals surface area contributed by atoms with Gasteiger partial charge >= 0.3 is 0 Å². The zero-order valence-corrected chi connectivity index (χ0v) is 17.5. The smallest absolute Gasteiger partial charge is 0.225 e. The summed E-state index contributed by atoms with van der Waals surface area (Å²) in [7, 11) is 1.82. The summed E-state index contributed by atoms with van der Waals surface area (Å²) >= 11 is 0. The highest BCUT2D eigenvalue weighted by Gasteiger charge is 2.31. The van der Waals surface area contributed by atoms with Crippen molar-refractivity contribution in [3.8, 4) is 0 Å². The van der Waals surface area contributed by atoms with Crippen LogP contribution in [0.25, 0.3) is 0 Å². The highest BCUT2D eigenvalue weighted by Crippen LogP contribution is 2.26. The van der Waals surface area contributed by atoms with Crippen LogP contribution in [0.3, 0.4) is 0 Å². The zero-order valence-electron chi connectivity index (χ0n) is 17.5. The van der Waals surface area contributed by atoms with E-state index in [1.165, 1.54) is 24.8 Å². The first-order chi connectivity index (χ1) is 13.7. The monoisotopic (exact) mass is 384 g/mol. The Labute approximate surface area is 170 Å². The van der Waals surface area contributed by atoms with Gasteiger partial charge in [-0.05, 0) is 37.2 Å². The standard InChI is InChI=1S/C23H36N4O/c1-18(19-9-5-3-6-10-19)13-15-25-23(24-2)26-21-14-16-27(17-21)22(28)20-11-7-4-8-12-20/h3,5-6,9-10,18,20-21H,4,7-8,11-17H2,1-2H3,(H2,24,25,26). The molecule has 0 spiro atoms. The molecule has 0 radical (unpaired) electrons. The number of aliphatic imine (C=N–C) groups is 1. The van der Waals surface area contributed by atoms with Crippen molar-refractivity contribution in [1.82, 2.24) is 15.5 Å². The minimum Gasteiger partial charge on any atom is -0.356 e. The number of hydrogen-bond donors (Lipinski definition) is 2. The van der Waals surface area contributed by atoms with Crippen LogP contribution in [0.15, 0.2) is 35.3 Å². The molecule has 1 heterocycles. The number of rotatable bonds is 6. The average molecular weight is 385 g/mol. The van der Waals surface area contributed by atoms with E-state index in [1.54, 1.807) is 0 Å². The Morgan fingerprint density at radius 2 is 1.93 bits per heavy atom. The fourth-order valence-electron chi connectivity index (χ4n) is 4.43. The largest absolute Gasteiger partial charge is 0.356 e. The Hall–Kier alpha value is -2.04. The Morgan fingerprint density at radius 3 is 2.64 bits per heavy atom. The van der Waals surface area contributed by atoms with E-state index in [1.807, 2.05) is 7.05 Å². The first-order valence-electron chi connectivity index (χ1n) is 11.0. The number of carbonyl (C=O) groups excluding carboxylic acids is 1. The second-order valence-corrected chi connectivity index (χ2v) is 8.35. The first kappa shape index (κ1) is 20.7. The van der Waals surface area contributed by atoms with Crippen molar-refractivity contribution in [2.75, 3.05) is 26.7 Å². The number of hydrogen-bond acceptors (Lipinski definition) is 2. The quantitative estimate of drug-likeness (QED) is 0.583. The highest BCUT2D eigenvalue weighted by atomic mass is 16.2. The summed E-state index contributed by atoms with van der Waals surface area (Å²) in [4.78, 5) is 19.2. The molecule has 1 aliphatic heterocycles. The van der Waals surface area contributed by atoms with E-state index in [9.17, 15) is 4.79 Å². The predicted molar refractivity (Wildman–Crippen MR) is 116 cm³/mol. The van der Waals surface area contributed by atoms with Crippen molar-refractivity contribution in [1.29, 1.82) is 0 Å². The van der Waals surface area contributed by atoms with Gasteiger partial charge in [-0.25, -0.2) is 0 Å². The van der Waals surface area contributed by atoms with E-state index in [0.717, 1.165) is 51.3 Å². The van der Waals surface area contributed by atoms with Gasteiger partial charge in [0.15, 0.2) is 5.96 Å². The molecule has 1 aromatic carbocycles. The second kappa shape index (κ2) is 10.5. The summed E-state index contributed by atoms with van der Waals surface area (Å²) in [6.45, 7) is 4.82. The Kier molecular flexibility index (Phi) is 7.75. The molecule has 1 saturated carbocycles. The van der Waals surface area contributed by atoms with E-state index in [0.29, 0.717) is 17.9 Å². The number of carbonyl (C=O) groups is 1. The molecule has 2 aliphatic rings. The van der Waals surface area contributed by atoms with E-state index < -0.39 is 0 Å². The minimum absolute atomic E-state index is 0.268. The van der Waals surface area contributed by atoms with Crippen molar-refractivity contribution in [2.24, 2.45) is 10.9 Å². The number of guanidine groups is 1. The Balaban J connectivity index is 1.39. The number of nitrogens with one attached hydrogen (secondary N) is 2. The summed E-state index contributed by atoms with van der Waals surface area (Å²) in [5.41, 5.74) is 1.37. The van der Waals surface area contributed by atoms with Crippen molar-refractivity contribution in [3.05, 3.63) is 35.9 Å². The van der Waals surface area contributed by atoms with E-state index in [2.05, 4.69) is 57.8 Å². The van der Waals surface area contributed by atoms with Gasteiger partial charge in [-0.2, -0.15) is 0 Å². The van der Waals surface area contributed by atoms with Gasteiger partial charge in [0.25, 0.3) is 0 Å². The van der Waals surface area contributed by atoms with E-state index in [-0.39, 0.29) is 5.92 Å². The number of benzene rings is 1. The molecule has 2 N–H and O–H groups in total. The maximum Gasteiger partial charge on any atom is 0.225 e. The summed E-state index contributed by atoms with van der Waals surface area (Å²) in [5.74, 6) is 2.01. The predicted octanol–water partition coefficient (Wildman–Crippen LogP) is 3.53. The molecule has 0 aromatic heterocycles. The lowest BCUT2D eigenvalue weighted by Crippen LogP contribution is -2.45. The summed E-state index contributed by atoms with van der Waals surface area (Å²) in [6.07, 6.45) is 7.93. The Bertz CT molecular complexity index is 639. The third-order valence-corrected chi connectivity index (χ3v) is 6.26. The molecule has 2 fully saturated rings. The molecule has 1 amide bonds. The van der Waals surface area contributed by atoms with Crippen LogP contribution < -0.4 is 10.6 Å². The average Bonchev–Trinajstić information content (AvgIpc) is 3.22. The van der Waals surface area contributed by atoms with Crippen LogP contribution in [0.1, 0.15) is 63.4 Å². The van der Waals surface area contributed by atoms with E-state index >= 15 is 0 Å². The SMILES string of the molecule is CN=C(NCCC(C)c1ccccc1)NC1CCN(C(=O)C2CCCCC2)C1. The van der Waals surface area contributed by atoms with Gasteiger partial charge in [-0.1, -0.05) is 56.5 Å². The molecule has 28 heavy (non-hydrogen) atoms. The van der Waals surface area contributed by atoms with Crippen LogP contribution in [-0.4, -0.2) is 49.5 Å². The molecular formula is C23H36N4O. The molecule has 1 saturated heterocycles. The van der Waals surface area contributed by atoms with Crippen molar-refractivity contribution < 1.29 is 4.79 Å². The maximum atomic E-state index is 12.7. The molecule has 5 nitrogen and oxygen atoms in total. The van der Waals surface area contributed by atoms with Crippen LogP contribution >= 0.6 is 0 Å². The topological polar surface area (TPSA) is 56.7 Å². The molecule has 154 valence electrons. The molecule has 2 atom stereocenters. The number of amides is 1. The molecule has 1 aromatic rings. The summed E-state index contributed by atoms with van der Waals surface area (Å²) < 4.78 is 0. The Morgan fingerprint density at radius 1 is 1.18 bits per heavy atom. The van der Waals surface area contributed by atoms with Crippen LogP contribution in [0.5, 0.6) is 0 Å². The van der Waals surface area contributed by atoms with Gasteiger partial charge in [-0.15, -0.1) is 0 Å². The molecular weight excluding hydrogens is 348 g/mol. The van der Waals surface area contributed by atoms with Crippen LogP contribution in [0.4, 0.5) is 0 Å². The first-order valence-corrected chi connectivity index (χ1v) is 11.0. The fraction of sp³-hybridized carbons (Fsp3) is 0.652. The van der Waals surface area contributed by atoms with E-state index in [4.69, 9.17) is 0 Å². The van der Waals surface area contributed by atoms with Gasteiger partial charge in [0.05, 0.1) is 0 Å². The van der Waals surface area contributed by atoms with Gasteiger partial charge in [0.2, 0.25) is 5.91 Å². The second-order valence-electron chi connectivity index (χ2n) is 8.35. The lowest BCUT2D eigenvalue weighted by molar-refractivity contribution is -0.135. The lowest BCUT2D eigenvalue weighted by atomic mass is 9.88. The normalized spacial score (nSPS) is 22.1. The number of nitrogens with zero attached hydrogens (tertiary/aromatic N) is 2. The fourth-order valence-corrected chi connectivity index (χ4v) is 4.43. The highest BCUT2D eigenvalue weighted by molar-refractivity contribution is 5.81. The summed E-state index contributed by atoms with van der Waals surface area (Å²) in [5, 5.41) is 6.95. The van der Waals surface area contributed by atoms with Crippen LogP contribution in [0, 0.1) is 5.92 Å². The maximum absolute atomic E-state index is 12.7.